The summed E-state index contributed by atoms with van der Waals surface area (Å²) < 4.78 is 5.41. The van der Waals surface area contributed by atoms with E-state index < -0.39 is 0 Å². The van der Waals surface area contributed by atoms with Crippen LogP contribution in [0.4, 0.5) is 5.82 Å². The fourth-order valence-electron chi connectivity index (χ4n) is 1.90. The molecule has 16 heavy (non-hydrogen) atoms. The first-order valence-corrected chi connectivity index (χ1v) is 5.33. The number of anilines is 1. The Morgan fingerprint density at radius 1 is 1.44 bits per heavy atom. The number of nitrogens with zero attached hydrogens (tertiary/aromatic N) is 3. The second-order valence-corrected chi connectivity index (χ2v) is 4.12. The molecular formula is C10H13N5O. The summed E-state index contributed by atoms with van der Waals surface area (Å²) in [6, 6.07) is 0.313. The minimum absolute atomic E-state index is 0.313. The van der Waals surface area contributed by atoms with Gasteiger partial charge in [0.25, 0.3) is 0 Å². The Hall–Kier alpha value is -1.69. The standard InChI is InChI=1S/C10H13N5O/c1-6-3-16-4-8(6)14-9-7-2-13-15-10(7)12-5-11-9/h2,5-6,8H,3-4H2,1H3,(H2,11,12,13,14,15). The van der Waals surface area contributed by atoms with Gasteiger partial charge >= 0.3 is 0 Å². The lowest BCUT2D eigenvalue weighted by Crippen LogP contribution is -2.26. The second kappa shape index (κ2) is 3.71. The van der Waals surface area contributed by atoms with E-state index in [0.29, 0.717) is 12.0 Å². The molecule has 2 aromatic heterocycles. The average molecular weight is 219 g/mol. The van der Waals surface area contributed by atoms with Crippen molar-refractivity contribution in [2.75, 3.05) is 18.5 Å². The molecule has 1 aliphatic rings. The largest absolute Gasteiger partial charge is 0.379 e. The average Bonchev–Trinajstić information content (AvgIpc) is 2.89. The van der Waals surface area contributed by atoms with Crippen LogP contribution in [0.15, 0.2) is 12.5 Å². The van der Waals surface area contributed by atoms with Crippen molar-refractivity contribution in [3.63, 3.8) is 0 Å². The van der Waals surface area contributed by atoms with Gasteiger partial charge in [-0.15, -0.1) is 0 Å². The molecule has 84 valence electrons. The zero-order valence-electron chi connectivity index (χ0n) is 8.97. The Balaban J connectivity index is 1.91. The third-order valence-electron chi connectivity index (χ3n) is 2.94. The van der Waals surface area contributed by atoms with Crippen molar-refractivity contribution in [3.05, 3.63) is 12.5 Å². The molecule has 0 saturated carbocycles. The molecule has 1 fully saturated rings. The lowest BCUT2D eigenvalue weighted by atomic mass is 10.1. The number of rotatable bonds is 2. The maximum atomic E-state index is 5.41. The molecule has 6 nitrogen and oxygen atoms in total. The molecule has 0 bridgehead atoms. The second-order valence-electron chi connectivity index (χ2n) is 4.12. The number of fused-ring (bicyclic) bond motifs is 1. The molecule has 3 rings (SSSR count). The van der Waals surface area contributed by atoms with Crippen molar-refractivity contribution in [3.8, 4) is 0 Å². The number of aromatic amines is 1. The zero-order valence-corrected chi connectivity index (χ0v) is 8.97. The highest BCUT2D eigenvalue weighted by Gasteiger charge is 2.24. The van der Waals surface area contributed by atoms with Crippen LogP contribution in [-0.4, -0.2) is 39.4 Å². The molecule has 2 atom stereocenters. The summed E-state index contributed by atoms with van der Waals surface area (Å²) in [5, 5.41) is 11.1. The summed E-state index contributed by atoms with van der Waals surface area (Å²) in [6.45, 7) is 3.69. The van der Waals surface area contributed by atoms with E-state index in [9.17, 15) is 0 Å². The van der Waals surface area contributed by atoms with Gasteiger partial charge in [-0.2, -0.15) is 5.10 Å². The van der Waals surface area contributed by atoms with Crippen LogP contribution in [0, 0.1) is 5.92 Å². The Morgan fingerprint density at radius 3 is 3.19 bits per heavy atom. The SMILES string of the molecule is CC1COCC1Nc1ncnc2[nH]ncc12. The molecule has 1 aliphatic heterocycles. The molecule has 1 saturated heterocycles. The van der Waals surface area contributed by atoms with Gasteiger partial charge in [0.1, 0.15) is 12.1 Å². The molecule has 0 radical (unpaired) electrons. The first-order valence-electron chi connectivity index (χ1n) is 5.33. The maximum absolute atomic E-state index is 5.41. The number of ether oxygens (including phenoxy) is 1. The molecule has 2 unspecified atom stereocenters. The number of H-pyrrole nitrogens is 1. The van der Waals surface area contributed by atoms with E-state index in [1.54, 1.807) is 6.20 Å². The third-order valence-corrected chi connectivity index (χ3v) is 2.94. The molecular weight excluding hydrogens is 206 g/mol. The smallest absolute Gasteiger partial charge is 0.160 e. The van der Waals surface area contributed by atoms with Gasteiger partial charge in [0.15, 0.2) is 5.65 Å². The lowest BCUT2D eigenvalue weighted by Gasteiger charge is -2.15. The maximum Gasteiger partial charge on any atom is 0.160 e. The molecule has 2 N–H and O–H groups in total. The Morgan fingerprint density at radius 2 is 2.38 bits per heavy atom. The van der Waals surface area contributed by atoms with E-state index in [1.807, 2.05) is 0 Å². The van der Waals surface area contributed by atoms with Gasteiger partial charge < -0.3 is 10.1 Å². The lowest BCUT2D eigenvalue weighted by molar-refractivity contribution is 0.187. The molecule has 0 spiro atoms. The first kappa shape index (κ1) is 9.53. The predicted molar refractivity (Wildman–Crippen MR) is 59.1 cm³/mol. The molecule has 0 aromatic carbocycles. The van der Waals surface area contributed by atoms with Gasteiger partial charge in [-0.25, -0.2) is 9.97 Å². The third kappa shape index (κ3) is 1.51. The van der Waals surface area contributed by atoms with Gasteiger partial charge in [0, 0.05) is 5.92 Å². The van der Waals surface area contributed by atoms with Gasteiger partial charge in [-0.05, 0) is 0 Å². The highest BCUT2D eigenvalue weighted by molar-refractivity contribution is 5.85. The number of nitrogens with one attached hydrogen (secondary N) is 2. The van der Waals surface area contributed by atoms with Crippen molar-refractivity contribution < 1.29 is 4.74 Å². The molecule has 2 aromatic rings. The van der Waals surface area contributed by atoms with Crippen molar-refractivity contribution in [1.29, 1.82) is 0 Å². The van der Waals surface area contributed by atoms with Crippen molar-refractivity contribution in [2.45, 2.75) is 13.0 Å². The predicted octanol–water partition coefficient (Wildman–Crippen LogP) is 0.800. The Bertz CT molecular complexity index is 497. The fourth-order valence-corrected chi connectivity index (χ4v) is 1.90. The Kier molecular flexibility index (Phi) is 2.21. The van der Waals surface area contributed by atoms with Crippen LogP contribution in [0.5, 0.6) is 0 Å². The quantitative estimate of drug-likeness (QED) is 0.781. The summed E-state index contributed by atoms with van der Waals surface area (Å²) in [5.74, 6) is 1.32. The monoisotopic (exact) mass is 219 g/mol. The number of hydrogen-bond acceptors (Lipinski definition) is 5. The van der Waals surface area contributed by atoms with Crippen molar-refractivity contribution in [2.24, 2.45) is 5.92 Å². The van der Waals surface area contributed by atoms with Crippen LogP contribution < -0.4 is 5.32 Å². The topological polar surface area (TPSA) is 75.7 Å². The van der Waals surface area contributed by atoms with Crippen LogP contribution in [0.1, 0.15) is 6.92 Å². The van der Waals surface area contributed by atoms with Gasteiger partial charge in [0.05, 0.1) is 30.8 Å². The molecule has 0 aliphatic carbocycles. The molecule has 0 amide bonds. The van der Waals surface area contributed by atoms with E-state index in [4.69, 9.17) is 4.74 Å². The van der Waals surface area contributed by atoms with Crippen molar-refractivity contribution in [1.82, 2.24) is 20.2 Å². The summed E-state index contributed by atoms with van der Waals surface area (Å²) in [7, 11) is 0. The number of hydrogen-bond donors (Lipinski definition) is 2. The van der Waals surface area contributed by atoms with Crippen LogP contribution in [0.2, 0.25) is 0 Å². The van der Waals surface area contributed by atoms with Crippen LogP contribution in [0.25, 0.3) is 11.0 Å². The number of aromatic nitrogens is 4. The van der Waals surface area contributed by atoms with E-state index >= 15 is 0 Å². The van der Waals surface area contributed by atoms with E-state index in [2.05, 4.69) is 32.4 Å². The fraction of sp³-hybridized carbons (Fsp3) is 0.500. The molecule has 6 heteroatoms. The van der Waals surface area contributed by atoms with E-state index in [-0.39, 0.29) is 0 Å². The summed E-state index contributed by atoms with van der Waals surface area (Å²) in [6.07, 6.45) is 3.27. The van der Waals surface area contributed by atoms with Crippen LogP contribution in [-0.2, 0) is 4.74 Å². The van der Waals surface area contributed by atoms with Gasteiger partial charge in [-0.3, -0.25) is 5.10 Å². The Labute approximate surface area is 92.4 Å². The highest BCUT2D eigenvalue weighted by Crippen LogP contribution is 2.21. The van der Waals surface area contributed by atoms with Crippen molar-refractivity contribution >= 4 is 16.9 Å². The molecule has 3 heterocycles. The van der Waals surface area contributed by atoms with Crippen LogP contribution in [0.3, 0.4) is 0 Å². The minimum atomic E-state index is 0.313. The summed E-state index contributed by atoms with van der Waals surface area (Å²) in [5.41, 5.74) is 0.754. The van der Waals surface area contributed by atoms with Gasteiger partial charge in [0.2, 0.25) is 0 Å². The van der Waals surface area contributed by atoms with E-state index in [0.717, 1.165) is 30.1 Å². The summed E-state index contributed by atoms with van der Waals surface area (Å²) in [4.78, 5) is 8.33. The first-order chi connectivity index (χ1) is 7.84. The zero-order chi connectivity index (χ0) is 11.0. The minimum Gasteiger partial charge on any atom is -0.379 e. The van der Waals surface area contributed by atoms with E-state index in [1.165, 1.54) is 6.33 Å². The summed E-state index contributed by atoms with van der Waals surface area (Å²) >= 11 is 0. The normalized spacial score (nSPS) is 25.1. The van der Waals surface area contributed by atoms with Gasteiger partial charge in [-0.1, -0.05) is 6.92 Å². The van der Waals surface area contributed by atoms with Crippen LogP contribution >= 0.6 is 0 Å². The highest BCUT2D eigenvalue weighted by atomic mass is 16.5.